The number of nitrogens with zero attached hydrogens (tertiary/aromatic N) is 1. The Labute approximate surface area is 159 Å². The van der Waals surface area contributed by atoms with Crippen molar-refractivity contribution in [2.45, 2.75) is 6.92 Å². The van der Waals surface area contributed by atoms with Crippen molar-refractivity contribution < 1.29 is 13.9 Å². The van der Waals surface area contributed by atoms with Crippen molar-refractivity contribution in [2.75, 3.05) is 11.5 Å². The Hall–Kier alpha value is -1.89. The van der Waals surface area contributed by atoms with Gasteiger partial charge >= 0.3 is 0 Å². The minimum atomic E-state index is -0.427. The summed E-state index contributed by atoms with van der Waals surface area (Å²) >= 11 is 12.5. The minimum Gasteiger partial charge on any atom is -0.493 e. The average Bonchev–Trinajstić information content (AvgIpc) is 2.84. The van der Waals surface area contributed by atoms with Crippen LogP contribution in [0.25, 0.3) is 6.08 Å². The van der Waals surface area contributed by atoms with Gasteiger partial charge in [0, 0.05) is 10.6 Å². The molecule has 128 valence electrons. The standard InChI is InChI=1S/C18H13ClFNO2S2/c1-2-23-15-7-6-12(19)8-11(15)9-16-17(22)21(18(24)25-16)14-5-3-4-13(20)10-14/h3-10H,2H2,1H3/b16-9-. The van der Waals surface area contributed by atoms with Gasteiger partial charge in [0.05, 0.1) is 17.2 Å². The molecule has 0 spiro atoms. The maximum Gasteiger partial charge on any atom is 0.270 e. The van der Waals surface area contributed by atoms with Gasteiger partial charge in [-0.3, -0.25) is 9.69 Å². The van der Waals surface area contributed by atoms with E-state index >= 15 is 0 Å². The van der Waals surface area contributed by atoms with Crippen LogP contribution in [0.1, 0.15) is 12.5 Å². The van der Waals surface area contributed by atoms with Crippen LogP contribution < -0.4 is 9.64 Å². The molecule has 1 aliphatic heterocycles. The molecule has 0 N–H and O–H groups in total. The van der Waals surface area contributed by atoms with Crippen molar-refractivity contribution in [2.24, 2.45) is 0 Å². The molecule has 3 nitrogen and oxygen atoms in total. The summed E-state index contributed by atoms with van der Waals surface area (Å²) in [5, 5.41) is 0.537. The summed E-state index contributed by atoms with van der Waals surface area (Å²) < 4.78 is 19.4. The van der Waals surface area contributed by atoms with Crippen LogP contribution >= 0.6 is 35.6 Å². The minimum absolute atomic E-state index is 0.303. The highest BCUT2D eigenvalue weighted by Gasteiger charge is 2.33. The lowest BCUT2D eigenvalue weighted by atomic mass is 10.1. The summed E-state index contributed by atoms with van der Waals surface area (Å²) in [5.41, 5.74) is 1.09. The van der Waals surface area contributed by atoms with E-state index in [0.717, 1.165) is 11.8 Å². The Morgan fingerprint density at radius 3 is 2.84 bits per heavy atom. The van der Waals surface area contributed by atoms with Gasteiger partial charge in [0.2, 0.25) is 0 Å². The van der Waals surface area contributed by atoms with Gasteiger partial charge in [0.25, 0.3) is 5.91 Å². The van der Waals surface area contributed by atoms with Gasteiger partial charge in [-0.25, -0.2) is 4.39 Å². The Morgan fingerprint density at radius 2 is 2.12 bits per heavy atom. The van der Waals surface area contributed by atoms with Crippen LogP contribution in [0, 0.1) is 5.82 Å². The number of carbonyl (C=O) groups excluding carboxylic acids is 1. The zero-order valence-corrected chi connectivity index (χ0v) is 15.6. The third-order valence-electron chi connectivity index (χ3n) is 3.42. The molecule has 1 fully saturated rings. The topological polar surface area (TPSA) is 29.5 Å². The second-order valence-electron chi connectivity index (χ2n) is 5.11. The van der Waals surface area contributed by atoms with E-state index in [1.54, 1.807) is 30.3 Å². The van der Waals surface area contributed by atoms with Crippen LogP contribution in [-0.4, -0.2) is 16.8 Å². The molecule has 2 aromatic rings. The number of thiocarbonyl (C=S) groups is 1. The van der Waals surface area contributed by atoms with Gasteiger partial charge in [-0.1, -0.05) is 41.6 Å². The van der Waals surface area contributed by atoms with Gasteiger partial charge in [0.15, 0.2) is 4.32 Å². The van der Waals surface area contributed by atoms with Gasteiger partial charge in [-0.2, -0.15) is 0 Å². The second-order valence-corrected chi connectivity index (χ2v) is 7.22. The fourth-order valence-electron chi connectivity index (χ4n) is 2.37. The van der Waals surface area contributed by atoms with Gasteiger partial charge in [0.1, 0.15) is 11.6 Å². The molecule has 0 unspecified atom stereocenters. The molecule has 0 saturated carbocycles. The van der Waals surface area contributed by atoms with E-state index in [4.69, 9.17) is 28.6 Å². The van der Waals surface area contributed by atoms with Crippen LogP contribution in [0.3, 0.4) is 0 Å². The van der Waals surface area contributed by atoms with Crippen LogP contribution in [0.2, 0.25) is 5.02 Å². The van der Waals surface area contributed by atoms with Crippen molar-refractivity contribution in [3.05, 3.63) is 63.8 Å². The molecule has 1 saturated heterocycles. The first-order valence-electron chi connectivity index (χ1n) is 7.45. The molecule has 0 aliphatic carbocycles. The Bertz CT molecular complexity index is 885. The van der Waals surface area contributed by atoms with Crippen LogP contribution in [0.5, 0.6) is 5.75 Å². The molecule has 7 heteroatoms. The first kappa shape index (κ1) is 17.9. The zero-order chi connectivity index (χ0) is 18.0. The third-order valence-corrected chi connectivity index (χ3v) is 4.96. The van der Waals surface area contributed by atoms with E-state index in [-0.39, 0.29) is 5.91 Å². The largest absolute Gasteiger partial charge is 0.493 e. The van der Waals surface area contributed by atoms with Crippen LogP contribution in [-0.2, 0) is 4.79 Å². The second kappa shape index (κ2) is 7.56. The average molecular weight is 394 g/mol. The third kappa shape index (κ3) is 3.86. The SMILES string of the molecule is CCOc1ccc(Cl)cc1/C=C1\SC(=S)N(c2cccc(F)c2)C1=O. The maximum atomic E-state index is 13.5. The number of thioether (sulfide) groups is 1. The molecular formula is C18H13ClFNO2S2. The number of rotatable bonds is 4. The molecule has 1 heterocycles. The Kier molecular flexibility index (Phi) is 5.42. The Morgan fingerprint density at radius 1 is 1.32 bits per heavy atom. The summed E-state index contributed by atoms with van der Waals surface area (Å²) in [7, 11) is 0. The summed E-state index contributed by atoms with van der Waals surface area (Å²) in [6.07, 6.45) is 1.69. The molecule has 2 aromatic carbocycles. The van der Waals surface area contributed by atoms with E-state index in [0.29, 0.717) is 37.9 Å². The van der Waals surface area contributed by atoms with Gasteiger partial charge in [-0.05, 0) is 49.4 Å². The molecule has 0 atom stereocenters. The number of ether oxygens (including phenoxy) is 1. The number of benzene rings is 2. The van der Waals surface area contributed by atoms with Gasteiger partial charge in [-0.15, -0.1) is 0 Å². The van der Waals surface area contributed by atoms with E-state index in [1.807, 2.05) is 6.92 Å². The lowest BCUT2D eigenvalue weighted by Crippen LogP contribution is -2.27. The smallest absolute Gasteiger partial charge is 0.270 e. The normalized spacial score (nSPS) is 16.0. The highest BCUT2D eigenvalue weighted by atomic mass is 35.5. The summed E-state index contributed by atoms with van der Waals surface area (Å²) in [6.45, 7) is 2.37. The monoisotopic (exact) mass is 393 g/mol. The van der Waals surface area contributed by atoms with Crippen molar-refractivity contribution in [1.29, 1.82) is 0 Å². The number of halogens is 2. The molecule has 1 aliphatic rings. The van der Waals surface area contributed by atoms with E-state index in [9.17, 15) is 9.18 Å². The van der Waals surface area contributed by atoms with Crippen molar-refractivity contribution >= 4 is 57.6 Å². The Balaban J connectivity index is 1.97. The summed E-state index contributed by atoms with van der Waals surface area (Å²) in [5.74, 6) is -0.102. The van der Waals surface area contributed by atoms with Gasteiger partial charge < -0.3 is 4.74 Å². The van der Waals surface area contributed by atoms with Crippen molar-refractivity contribution in [1.82, 2.24) is 0 Å². The summed E-state index contributed by atoms with van der Waals surface area (Å²) in [6, 6.07) is 11.0. The maximum absolute atomic E-state index is 13.5. The molecule has 0 aromatic heterocycles. The predicted molar refractivity (Wildman–Crippen MR) is 105 cm³/mol. The molecule has 0 radical (unpaired) electrons. The highest BCUT2D eigenvalue weighted by molar-refractivity contribution is 8.27. The molecule has 25 heavy (non-hydrogen) atoms. The number of hydrogen-bond donors (Lipinski definition) is 0. The zero-order valence-electron chi connectivity index (χ0n) is 13.2. The quantitative estimate of drug-likeness (QED) is 0.522. The predicted octanol–water partition coefficient (Wildman–Crippen LogP) is 5.28. The van der Waals surface area contributed by atoms with Crippen molar-refractivity contribution in [3.8, 4) is 5.75 Å². The molecule has 0 bridgehead atoms. The molecule has 3 rings (SSSR count). The lowest BCUT2D eigenvalue weighted by Gasteiger charge is -2.14. The van der Waals surface area contributed by atoms with E-state index in [1.165, 1.54) is 23.1 Å². The first-order valence-corrected chi connectivity index (χ1v) is 9.05. The van der Waals surface area contributed by atoms with Crippen LogP contribution in [0.15, 0.2) is 47.4 Å². The van der Waals surface area contributed by atoms with E-state index < -0.39 is 5.82 Å². The van der Waals surface area contributed by atoms with Crippen LogP contribution in [0.4, 0.5) is 10.1 Å². The number of anilines is 1. The highest BCUT2D eigenvalue weighted by Crippen LogP contribution is 2.37. The summed E-state index contributed by atoms with van der Waals surface area (Å²) in [4.78, 5) is 14.5. The number of hydrogen-bond acceptors (Lipinski definition) is 4. The number of carbonyl (C=O) groups is 1. The van der Waals surface area contributed by atoms with Crippen molar-refractivity contribution in [3.63, 3.8) is 0 Å². The lowest BCUT2D eigenvalue weighted by molar-refractivity contribution is -0.113. The molecular weight excluding hydrogens is 381 g/mol. The van der Waals surface area contributed by atoms with E-state index in [2.05, 4.69) is 0 Å². The molecule has 1 amide bonds. The number of amides is 1. The fraction of sp³-hybridized carbons (Fsp3) is 0.111. The first-order chi connectivity index (χ1) is 12.0. The fourth-order valence-corrected chi connectivity index (χ4v) is 3.84.